The first kappa shape index (κ1) is 13.7. The number of hydrogen-bond acceptors (Lipinski definition) is 4. The molecule has 1 atom stereocenters. The summed E-state index contributed by atoms with van der Waals surface area (Å²) in [5.41, 5.74) is 1.43. The van der Waals surface area contributed by atoms with Gasteiger partial charge in [-0.25, -0.2) is 0 Å². The molecule has 2 heterocycles. The van der Waals surface area contributed by atoms with E-state index >= 15 is 0 Å². The lowest BCUT2D eigenvalue weighted by Crippen LogP contribution is -2.12. The summed E-state index contributed by atoms with van der Waals surface area (Å²) in [7, 11) is 0. The fourth-order valence-corrected chi connectivity index (χ4v) is 3.65. The van der Waals surface area contributed by atoms with Gasteiger partial charge >= 0.3 is 0 Å². The van der Waals surface area contributed by atoms with Crippen molar-refractivity contribution < 1.29 is 0 Å². The van der Waals surface area contributed by atoms with Gasteiger partial charge < -0.3 is 5.32 Å². The molecule has 2 aromatic rings. The minimum Gasteiger partial charge on any atom is -0.308 e. The van der Waals surface area contributed by atoms with Gasteiger partial charge in [0.1, 0.15) is 10.0 Å². The third-order valence-electron chi connectivity index (χ3n) is 3.79. The van der Waals surface area contributed by atoms with Gasteiger partial charge in [0.2, 0.25) is 0 Å². The van der Waals surface area contributed by atoms with Crippen molar-refractivity contribution in [3.8, 4) is 0 Å². The van der Waals surface area contributed by atoms with Crippen molar-refractivity contribution in [2.45, 2.75) is 44.6 Å². The van der Waals surface area contributed by atoms with E-state index in [1.807, 2.05) is 0 Å². The Morgan fingerprint density at radius 1 is 1.10 bits per heavy atom. The minimum atomic E-state index is 0.463. The molecule has 4 heteroatoms. The minimum absolute atomic E-state index is 0.463. The molecule has 106 valence electrons. The molecule has 1 aliphatic rings. The highest BCUT2D eigenvalue weighted by Crippen LogP contribution is 2.26. The average Bonchev–Trinajstić information content (AvgIpc) is 3.15. The molecule has 3 rings (SSSR count). The van der Waals surface area contributed by atoms with Crippen LogP contribution in [0.1, 0.15) is 47.3 Å². The van der Waals surface area contributed by atoms with Gasteiger partial charge in [-0.3, -0.25) is 0 Å². The molecule has 0 saturated carbocycles. The molecule has 0 spiro atoms. The predicted octanol–water partition coefficient (Wildman–Crippen LogP) is 3.53. The van der Waals surface area contributed by atoms with Crippen LogP contribution in [0.2, 0.25) is 0 Å². The molecule has 0 radical (unpaired) electrons. The maximum absolute atomic E-state index is 4.34. The largest absolute Gasteiger partial charge is 0.308 e. The monoisotopic (exact) mass is 287 g/mol. The van der Waals surface area contributed by atoms with E-state index in [0.29, 0.717) is 6.04 Å². The number of nitrogens with one attached hydrogen (secondary N) is 1. The van der Waals surface area contributed by atoms with E-state index in [1.54, 1.807) is 11.3 Å². The van der Waals surface area contributed by atoms with Crippen LogP contribution in [0, 0.1) is 0 Å². The van der Waals surface area contributed by atoms with Crippen molar-refractivity contribution in [1.29, 1.82) is 0 Å². The Kier molecular flexibility index (Phi) is 4.77. The molecule has 1 fully saturated rings. The maximum Gasteiger partial charge on any atom is 0.134 e. The van der Waals surface area contributed by atoms with E-state index in [-0.39, 0.29) is 0 Å². The normalized spacial score (nSPS) is 18.5. The molecule has 0 aliphatic carbocycles. The lowest BCUT2D eigenvalue weighted by molar-refractivity contribution is 0.634. The number of benzene rings is 1. The quantitative estimate of drug-likeness (QED) is 0.826. The SMILES string of the molecule is c1ccc(CCCCc2nnc(C3CCCN3)s2)cc1. The molecule has 1 saturated heterocycles. The number of aryl methyl sites for hydroxylation is 2. The second kappa shape index (κ2) is 6.95. The topological polar surface area (TPSA) is 37.8 Å². The summed E-state index contributed by atoms with van der Waals surface area (Å²) in [6, 6.07) is 11.2. The first-order valence-electron chi connectivity index (χ1n) is 7.51. The fourth-order valence-electron chi connectivity index (χ4n) is 2.65. The first-order valence-corrected chi connectivity index (χ1v) is 8.33. The number of aromatic nitrogens is 2. The van der Waals surface area contributed by atoms with Crippen LogP contribution in [0.15, 0.2) is 30.3 Å². The predicted molar refractivity (Wildman–Crippen MR) is 83.0 cm³/mol. The van der Waals surface area contributed by atoms with Gasteiger partial charge in [-0.2, -0.15) is 0 Å². The van der Waals surface area contributed by atoms with E-state index in [1.165, 1.54) is 41.3 Å². The lowest BCUT2D eigenvalue weighted by atomic mass is 10.1. The van der Waals surface area contributed by atoms with Crippen molar-refractivity contribution >= 4 is 11.3 Å². The second-order valence-electron chi connectivity index (χ2n) is 5.38. The van der Waals surface area contributed by atoms with E-state index < -0.39 is 0 Å². The Labute approximate surface area is 124 Å². The molecule has 20 heavy (non-hydrogen) atoms. The molecule has 1 aromatic heterocycles. The van der Waals surface area contributed by atoms with Crippen LogP contribution in [0.3, 0.4) is 0 Å². The van der Waals surface area contributed by atoms with Crippen molar-refractivity contribution in [1.82, 2.24) is 15.5 Å². The van der Waals surface area contributed by atoms with Gasteiger partial charge in [0.25, 0.3) is 0 Å². The average molecular weight is 287 g/mol. The van der Waals surface area contributed by atoms with Crippen LogP contribution < -0.4 is 5.32 Å². The summed E-state index contributed by atoms with van der Waals surface area (Å²) in [5, 5.41) is 14.5. The Balaban J connectivity index is 1.42. The van der Waals surface area contributed by atoms with Gasteiger partial charge in [-0.05, 0) is 44.2 Å². The Hall–Kier alpha value is -1.26. The number of unbranched alkanes of at least 4 members (excludes halogenated alkanes) is 1. The zero-order valence-electron chi connectivity index (χ0n) is 11.7. The van der Waals surface area contributed by atoms with E-state index in [9.17, 15) is 0 Å². The van der Waals surface area contributed by atoms with Crippen LogP contribution in [0.25, 0.3) is 0 Å². The highest BCUT2D eigenvalue weighted by Gasteiger charge is 2.20. The van der Waals surface area contributed by atoms with Crippen LogP contribution in [-0.2, 0) is 12.8 Å². The lowest BCUT2D eigenvalue weighted by Gasteiger charge is -2.03. The zero-order chi connectivity index (χ0) is 13.6. The summed E-state index contributed by atoms with van der Waals surface area (Å²) >= 11 is 1.79. The molecule has 1 aromatic carbocycles. The molecule has 0 bridgehead atoms. The van der Waals surface area contributed by atoms with Crippen LogP contribution in [0.4, 0.5) is 0 Å². The second-order valence-corrected chi connectivity index (χ2v) is 6.47. The maximum atomic E-state index is 4.34. The molecular formula is C16H21N3S. The highest BCUT2D eigenvalue weighted by molar-refractivity contribution is 7.11. The van der Waals surface area contributed by atoms with E-state index in [2.05, 4.69) is 45.8 Å². The number of rotatable bonds is 6. The van der Waals surface area contributed by atoms with Crippen molar-refractivity contribution in [3.05, 3.63) is 45.9 Å². The molecular weight excluding hydrogens is 266 g/mol. The summed E-state index contributed by atoms with van der Waals surface area (Å²) < 4.78 is 0. The van der Waals surface area contributed by atoms with Crippen molar-refractivity contribution in [3.63, 3.8) is 0 Å². The van der Waals surface area contributed by atoms with Gasteiger partial charge in [-0.15, -0.1) is 10.2 Å². The summed E-state index contributed by atoms with van der Waals surface area (Å²) in [4.78, 5) is 0. The first-order chi connectivity index (χ1) is 9.92. The van der Waals surface area contributed by atoms with Gasteiger partial charge in [0.15, 0.2) is 0 Å². The molecule has 1 N–H and O–H groups in total. The Bertz CT molecular complexity index is 518. The van der Waals surface area contributed by atoms with E-state index in [4.69, 9.17) is 0 Å². The molecule has 3 nitrogen and oxygen atoms in total. The highest BCUT2D eigenvalue weighted by atomic mass is 32.1. The summed E-state index contributed by atoms with van der Waals surface area (Å²) in [5.74, 6) is 0. The Morgan fingerprint density at radius 3 is 2.75 bits per heavy atom. The number of nitrogens with zero attached hydrogens (tertiary/aromatic N) is 2. The van der Waals surface area contributed by atoms with E-state index in [0.717, 1.165) is 19.4 Å². The van der Waals surface area contributed by atoms with Crippen LogP contribution in [0.5, 0.6) is 0 Å². The zero-order valence-corrected chi connectivity index (χ0v) is 12.5. The van der Waals surface area contributed by atoms with Gasteiger partial charge in [0, 0.05) is 6.42 Å². The van der Waals surface area contributed by atoms with Crippen LogP contribution >= 0.6 is 11.3 Å². The molecule has 0 amide bonds. The van der Waals surface area contributed by atoms with Crippen molar-refractivity contribution in [2.24, 2.45) is 0 Å². The van der Waals surface area contributed by atoms with Crippen LogP contribution in [-0.4, -0.2) is 16.7 Å². The molecule has 1 aliphatic heterocycles. The smallest absolute Gasteiger partial charge is 0.134 e. The standard InChI is InChI=1S/C16H21N3S/c1-2-7-13(8-3-1)9-4-5-11-15-18-19-16(20-15)14-10-6-12-17-14/h1-3,7-8,14,17H,4-6,9-12H2. The fraction of sp³-hybridized carbons (Fsp3) is 0.500. The number of hydrogen-bond donors (Lipinski definition) is 1. The summed E-state index contributed by atoms with van der Waals surface area (Å²) in [6.07, 6.45) is 7.12. The third kappa shape index (κ3) is 3.64. The molecule has 1 unspecified atom stereocenters. The Morgan fingerprint density at radius 2 is 1.95 bits per heavy atom. The third-order valence-corrected chi connectivity index (χ3v) is 4.89. The summed E-state index contributed by atoms with van der Waals surface area (Å²) in [6.45, 7) is 1.12. The van der Waals surface area contributed by atoms with Gasteiger partial charge in [0.05, 0.1) is 6.04 Å². The van der Waals surface area contributed by atoms with Gasteiger partial charge in [-0.1, -0.05) is 41.7 Å². The van der Waals surface area contributed by atoms with Crippen molar-refractivity contribution in [2.75, 3.05) is 6.54 Å².